The van der Waals surface area contributed by atoms with Crippen LogP contribution in [0.1, 0.15) is 16.1 Å². The van der Waals surface area contributed by atoms with Crippen molar-refractivity contribution in [3.63, 3.8) is 0 Å². The maximum atomic E-state index is 13.3. The maximum absolute atomic E-state index is 13.3. The summed E-state index contributed by atoms with van der Waals surface area (Å²) in [6.45, 7) is 0.555. The maximum Gasteiger partial charge on any atom is 0.192 e. The Balaban J connectivity index is 1.63. The number of Topliss-reactive ketones (excluding diaryl/α,β-unsaturated/α-hetero) is 1. The molecule has 4 aromatic rings. The smallest absolute Gasteiger partial charge is 0.192 e. The molecule has 0 saturated carbocycles. The number of H-pyrrole nitrogens is 1. The van der Waals surface area contributed by atoms with Gasteiger partial charge in [-0.3, -0.25) is 9.36 Å². The molecular weight excluding hydrogens is 375 g/mol. The van der Waals surface area contributed by atoms with Gasteiger partial charge in [-0.2, -0.15) is 0 Å². The molecule has 0 atom stereocenters. The molecule has 2 aromatic carbocycles. The van der Waals surface area contributed by atoms with Crippen LogP contribution in [0.5, 0.6) is 0 Å². The highest BCUT2D eigenvalue weighted by atomic mass is 32.2. The van der Waals surface area contributed by atoms with Crippen molar-refractivity contribution in [2.45, 2.75) is 11.7 Å². The Morgan fingerprint density at radius 3 is 2.50 bits per heavy atom. The van der Waals surface area contributed by atoms with Crippen molar-refractivity contribution in [1.29, 1.82) is 0 Å². The summed E-state index contributed by atoms with van der Waals surface area (Å²) in [5.74, 6) is 0.576. The molecule has 0 fully saturated rings. The van der Waals surface area contributed by atoms with Crippen LogP contribution in [0, 0.1) is 5.82 Å². The average Bonchev–Trinajstić information content (AvgIpc) is 3.38. The molecule has 0 aliphatic rings. The number of aromatic amines is 1. The van der Waals surface area contributed by atoms with Crippen LogP contribution in [0.15, 0.2) is 78.1 Å². The quantitative estimate of drug-likeness (QED) is 0.373. The van der Waals surface area contributed by atoms with Gasteiger partial charge in [-0.25, -0.2) is 4.39 Å². The first-order valence-electron chi connectivity index (χ1n) is 8.73. The lowest BCUT2D eigenvalue weighted by molar-refractivity contribution is 0.101. The van der Waals surface area contributed by atoms with Crippen molar-refractivity contribution in [3.05, 3.63) is 90.0 Å². The Morgan fingerprint density at radius 1 is 1.00 bits per heavy atom. The topological polar surface area (TPSA) is 63.6 Å². The molecule has 0 aliphatic carbocycles. The normalized spacial score (nSPS) is 10.9. The third-order valence-corrected chi connectivity index (χ3v) is 5.20. The predicted octanol–water partition coefficient (Wildman–Crippen LogP) is 4.44. The Labute approximate surface area is 165 Å². The summed E-state index contributed by atoms with van der Waals surface area (Å²) in [7, 11) is 0. The van der Waals surface area contributed by atoms with E-state index in [2.05, 4.69) is 15.2 Å². The lowest BCUT2D eigenvalue weighted by atomic mass is 10.2. The molecule has 0 spiro atoms. The molecule has 0 radical (unpaired) electrons. The first-order chi connectivity index (χ1) is 13.7. The number of hydrogen-bond donors (Lipinski definition) is 1. The van der Waals surface area contributed by atoms with Crippen molar-refractivity contribution in [2.75, 3.05) is 5.75 Å². The van der Waals surface area contributed by atoms with Crippen LogP contribution in [0.4, 0.5) is 4.39 Å². The number of carbonyl (C=O) groups is 1. The van der Waals surface area contributed by atoms with Crippen molar-refractivity contribution in [3.8, 4) is 11.4 Å². The molecule has 0 saturated heterocycles. The molecule has 0 unspecified atom stereocenters. The van der Waals surface area contributed by atoms with E-state index in [-0.39, 0.29) is 17.4 Å². The summed E-state index contributed by atoms with van der Waals surface area (Å²) in [5.41, 5.74) is 2.43. The minimum Gasteiger partial charge on any atom is -0.359 e. The SMILES string of the molecule is O=C(CSc1nnc(-c2ccc(F)cc2)n1Cc1ccccc1)c1ccc[nH]1. The van der Waals surface area contributed by atoms with Gasteiger partial charge >= 0.3 is 0 Å². The first kappa shape index (κ1) is 18.2. The zero-order chi connectivity index (χ0) is 19.3. The molecule has 5 nitrogen and oxygen atoms in total. The van der Waals surface area contributed by atoms with E-state index >= 15 is 0 Å². The summed E-state index contributed by atoms with van der Waals surface area (Å²) in [6, 6.07) is 19.7. The average molecular weight is 392 g/mol. The second-order valence-corrected chi connectivity index (χ2v) is 7.12. The third-order valence-electron chi connectivity index (χ3n) is 4.23. The molecule has 0 aliphatic heterocycles. The number of benzene rings is 2. The molecule has 140 valence electrons. The van der Waals surface area contributed by atoms with Gasteiger partial charge in [0.1, 0.15) is 5.82 Å². The number of ketones is 1. The van der Waals surface area contributed by atoms with E-state index in [4.69, 9.17) is 0 Å². The molecule has 2 aromatic heterocycles. The molecule has 28 heavy (non-hydrogen) atoms. The van der Waals surface area contributed by atoms with E-state index < -0.39 is 0 Å². The van der Waals surface area contributed by atoms with Crippen molar-refractivity contribution < 1.29 is 9.18 Å². The number of rotatable bonds is 7. The number of nitrogens with zero attached hydrogens (tertiary/aromatic N) is 3. The minimum atomic E-state index is -0.302. The van der Waals surface area contributed by atoms with Crippen molar-refractivity contribution >= 4 is 17.5 Å². The number of hydrogen-bond acceptors (Lipinski definition) is 4. The van der Waals surface area contributed by atoms with Crippen LogP contribution in [0.25, 0.3) is 11.4 Å². The van der Waals surface area contributed by atoms with Gasteiger partial charge < -0.3 is 4.98 Å². The van der Waals surface area contributed by atoms with Crippen molar-refractivity contribution in [2.24, 2.45) is 0 Å². The summed E-state index contributed by atoms with van der Waals surface area (Å²) in [5, 5.41) is 9.23. The van der Waals surface area contributed by atoms with Gasteiger partial charge in [0.2, 0.25) is 0 Å². The van der Waals surface area contributed by atoms with E-state index in [1.807, 2.05) is 34.9 Å². The fraction of sp³-hybridized carbons (Fsp3) is 0.0952. The highest BCUT2D eigenvalue weighted by Crippen LogP contribution is 2.26. The van der Waals surface area contributed by atoms with Crippen LogP contribution < -0.4 is 0 Å². The zero-order valence-corrected chi connectivity index (χ0v) is 15.7. The summed E-state index contributed by atoms with van der Waals surface area (Å²) in [6.07, 6.45) is 1.72. The Bertz CT molecular complexity index is 1060. The molecule has 7 heteroatoms. The Kier molecular flexibility index (Phi) is 5.34. The van der Waals surface area contributed by atoms with E-state index in [0.29, 0.717) is 23.2 Å². The highest BCUT2D eigenvalue weighted by molar-refractivity contribution is 7.99. The van der Waals surface area contributed by atoms with E-state index in [1.54, 1.807) is 30.5 Å². The van der Waals surface area contributed by atoms with Gasteiger partial charge in [-0.1, -0.05) is 42.1 Å². The predicted molar refractivity (Wildman–Crippen MR) is 107 cm³/mol. The van der Waals surface area contributed by atoms with E-state index in [1.165, 1.54) is 23.9 Å². The Morgan fingerprint density at radius 2 is 1.79 bits per heavy atom. The largest absolute Gasteiger partial charge is 0.359 e. The van der Waals surface area contributed by atoms with Gasteiger partial charge in [0.05, 0.1) is 18.0 Å². The fourth-order valence-electron chi connectivity index (χ4n) is 2.83. The van der Waals surface area contributed by atoms with Crippen LogP contribution in [-0.2, 0) is 6.54 Å². The molecule has 1 N–H and O–H groups in total. The summed E-state index contributed by atoms with van der Waals surface area (Å²) >= 11 is 1.34. The standard InChI is InChI=1S/C21H17FN4OS/c22-17-10-8-16(9-11-17)20-24-25-21(26(20)13-15-5-2-1-3-6-15)28-14-19(27)18-7-4-12-23-18/h1-12,23H,13-14H2. The number of aromatic nitrogens is 4. The lowest BCUT2D eigenvalue weighted by Gasteiger charge is -2.10. The monoisotopic (exact) mass is 392 g/mol. The van der Waals surface area contributed by atoms with E-state index in [0.717, 1.165) is 11.1 Å². The molecular formula is C21H17FN4OS. The molecule has 0 amide bonds. The Hall–Kier alpha value is -3.19. The lowest BCUT2D eigenvalue weighted by Crippen LogP contribution is -2.07. The van der Waals surface area contributed by atoms with Crippen LogP contribution >= 0.6 is 11.8 Å². The van der Waals surface area contributed by atoms with Gasteiger partial charge in [-0.15, -0.1) is 10.2 Å². The van der Waals surface area contributed by atoms with Gasteiger partial charge in [0.15, 0.2) is 16.8 Å². The first-order valence-corrected chi connectivity index (χ1v) is 9.72. The van der Waals surface area contributed by atoms with Crippen LogP contribution in [0.3, 0.4) is 0 Å². The number of nitrogens with one attached hydrogen (secondary N) is 1. The molecule has 4 rings (SSSR count). The summed E-state index contributed by atoms with van der Waals surface area (Å²) < 4.78 is 15.3. The second-order valence-electron chi connectivity index (χ2n) is 6.18. The fourth-order valence-corrected chi connectivity index (χ4v) is 3.65. The third kappa shape index (κ3) is 4.04. The number of thioether (sulfide) groups is 1. The van der Waals surface area contributed by atoms with Gasteiger partial charge in [0.25, 0.3) is 0 Å². The number of halogens is 1. The van der Waals surface area contributed by atoms with Crippen LogP contribution in [0.2, 0.25) is 0 Å². The highest BCUT2D eigenvalue weighted by Gasteiger charge is 2.17. The zero-order valence-electron chi connectivity index (χ0n) is 14.9. The van der Waals surface area contributed by atoms with Crippen molar-refractivity contribution in [1.82, 2.24) is 19.7 Å². The van der Waals surface area contributed by atoms with Crippen LogP contribution in [-0.4, -0.2) is 31.3 Å². The summed E-state index contributed by atoms with van der Waals surface area (Å²) in [4.78, 5) is 15.2. The molecule has 2 heterocycles. The second kappa shape index (κ2) is 8.22. The van der Waals surface area contributed by atoms with Gasteiger partial charge in [-0.05, 0) is 42.0 Å². The van der Waals surface area contributed by atoms with Gasteiger partial charge in [0, 0.05) is 11.8 Å². The van der Waals surface area contributed by atoms with E-state index in [9.17, 15) is 9.18 Å². The molecule has 0 bridgehead atoms. The number of carbonyl (C=O) groups excluding carboxylic acids is 1. The minimum absolute atomic E-state index is 0.00686.